The number of nitrogens with one attached hydrogen (secondary N) is 1. The number of amides is 2. The molecule has 242 valence electrons. The molecule has 0 aliphatic heterocycles. The third-order valence-electron chi connectivity index (χ3n) is 7.45. The maximum Gasteiger partial charge on any atom is 0.264 e. The Morgan fingerprint density at radius 2 is 1.52 bits per heavy atom. The second-order valence-corrected chi connectivity index (χ2v) is 13.8. The molecule has 4 aromatic carbocycles. The summed E-state index contributed by atoms with van der Waals surface area (Å²) in [6.07, 6.45) is 0.227. The number of anilines is 1. The Balaban J connectivity index is 1.80. The summed E-state index contributed by atoms with van der Waals surface area (Å²) in [6.45, 7) is 5.75. The summed E-state index contributed by atoms with van der Waals surface area (Å²) in [6, 6.07) is 28.5. The molecule has 0 aromatic heterocycles. The Hall–Kier alpha value is -4.34. The number of hydrogen-bond donors (Lipinski definition) is 1. The number of aryl methyl sites for hydroxylation is 1. The predicted molar refractivity (Wildman–Crippen MR) is 182 cm³/mol. The fourth-order valence-corrected chi connectivity index (χ4v) is 6.55. The van der Waals surface area contributed by atoms with Gasteiger partial charge in [0.05, 0.1) is 17.7 Å². The maximum atomic E-state index is 14.5. The molecule has 4 rings (SSSR count). The third-order valence-corrected chi connectivity index (χ3v) is 9.47. The minimum Gasteiger partial charge on any atom is -0.497 e. The molecule has 46 heavy (non-hydrogen) atoms. The number of rotatable bonds is 14. The van der Waals surface area contributed by atoms with E-state index >= 15 is 0 Å². The lowest BCUT2D eigenvalue weighted by Gasteiger charge is -2.34. The van der Waals surface area contributed by atoms with Gasteiger partial charge in [-0.1, -0.05) is 85.6 Å². The summed E-state index contributed by atoms with van der Waals surface area (Å²) in [5.41, 5.74) is 2.74. The zero-order valence-corrected chi connectivity index (χ0v) is 28.1. The van der Waals surface area contributed by atoms with Gasteiger partial charge in [0.1, 0.15) is 18.3 Å². The van der Waals surface area contributed by atoms with Gasteiger partial charge in [0.15, 0.2) is 0 Å². The predicted octanol–water partition coefficient (Wildman–Crippen LogP) is 6.26. The van der Waals surface area contributed by atoms with Gasteiger partial charge in [-0.15, -0.1) is 0 Å². The van der Waals surface area contributed by atoms with Gasteiger partial charge in [0.2, 0.25) is 11.8 Å². The standard InChI is InChI=1S/C36H40ClN3O5S/c1-26(2)23-38-36(42)34(22-28-9-6-5-7-10-28)39(24-29-11-8-12-30(37)21-29)35(41)25-40(31-15-17-32(45-4)18-16-31)46(43,44)33-19-13-27(3)14-20-33/h5-21,26,34H,22-25H2,1-4H3,(H,38,42)/t34-/m0/s1. The van der Waals surface area contributed by atoms with E-state index in [2.05, 4.69) is 5.32 Å². The van der Waals surface area contributed by atoms with Gasteiger partial charge in [0, 0.05) is 24.5 Å². The lowest BCUT2D eigenvalue weighted by molar-refractivity contribution is -0.140. The first kappa shape index (κ1) is 34.5. The lowest BCUT2D eigenvalue weighted by atomic mass is 10.0. The van der Waals surface area contributed by atoms with Crippen LogP contribution in [0.1, 0.15) is 30.5 Å². The van der Waals surface area contributed by atoms with Gasteiger partial charge in [-0.3, -0.25) is 13.9 Å². The molecule has 0 unspecified atom stereocenters. The number of nitrogens with zero attached hydrogens (tertiary/aromatic N) is 2. The van der Waals surface area contributed by atoms with E-state index in [1.165, 1.54) is 24.1 Å². The summed E-state index contributed by atoms with van der Waals surface area (Å²) in [4.78, 5) is 29.9. The Bertz CT molecular complexity index is 1710. The van der Waals surface area contributed by atoms with E-state index in [0.717, 1.165) is 15.4 Å². The Morgan fingerprint density at radius 3 is 2.13 bits per heavy atom. The maximum absolute atomic E-state index is 14.5. The molecule has 0 radical (unpaired) electrons. The molecule has 10 heteroatoms. The van der Waals surface area contributed by atoms with Crippen molar-refractivity contribution in [2.24, 2.45) is 5.92 Å². The molecule has 0 bridgehead atoms. The molecule has 0 spiro atoms. The lowest BCUT2D eigenvalue weighted by Crippen LogP contribution is -2.53. The van der Waals surface area contributed by atoms with E-state index in [1.54, 1.807) is 54.6 Å². The highest BCUT2D eigenvalue weighted by molar-refractivity contribution is 7.92. The molecular formula is C36H40ClN3O5S. The first-order valence-corrected chi connectivity index (χ1v) is 16.9. The second-order valence-electron chi connectivity index (χ2n) is 11.5. The SMILES string of the molecule is COc1ccc(N(CC(=O)N(Cc2cccc(Cl)c2)[C@@H](Cc2ccccc2)C(=O)NCC(C)C)S(=O)(=O)c2ccc(C)cc2)cc1. The number of ether oxygens (including phenoxy) is 1. The molecule has 0 saturated carbocycles. The van der Waals surface area contributed by atoms with Crippen LogP contribution in [0.25, 0.3) is 0 Å². The third kappa shape index (κ3) is 9.11. The second kappa shape index (κ2) is 15.8. The van der Waals surface area contributed by atoms with Crippen molar-refractivity contribution in [1.29, 1.82) is 0 Å². The van der Waals surface area contributed by atoms with Gasteiger partial charge in [-0.2, -0.15) is 0 Å². The summed E-state index contributed by atoms with van der Waals surface area (Å²) in [5, 5.41) is 3.47. The summed E-state index contributed by atoms with van der Waals surface area (Å²) >= 11 is 6.31. The number of halogens is 1. The van der Waals surface area contributed by atoms with Crippen molar-refractivity contribution in [2.45, 2.75) is 44.7 Å². The van der Waals surface area contributed by atoms with Crippen molar-refractivity contribution < 1.29 is 22.7 Å². The van der Waals surface area contributed by atoms with Crippen molar-refractivity contribution in [3.05, 3.63) is 125 Å². The molecule has 4 aromatic rings. The summed E-state index contributed by atoms with van der Waals surface area (Å²) in [5.74, 6) is -0.156. The molecule has 8 nitrogen and oxygen atoms in total. The van der Waals surface area contributed by atoms with Crippen LogP contribution in [0.5, 0.6) is 5.75 Å². The van der Waals surface area contributed by atoms with E-state index < -0.39 is 28.5 Å². The topological polar surface area (TPSA) is 96.0 Å². The number of carbonyl (C=O) groups is 2. The van der Waals surface area contributed by atoms with E-state index in [4.69, 9.17) is 16.3 Å². The van der Waals surface area contributed by atoms with Gasteiger partial charge in [-0.05, 0) is 72.5 Å². The van der Waals surface area contributed by atoms with Crippen molar-refractivity contribution in [2.75, 3.05) is 24.5 Å². The minimum absolute atomic E-state index is 0.0347. The number of benzene rings is 4. The average molecular weight is 662 g/mol. The average Bonchev–Trinajstić information content (AvgIpc) is 3.04. The molecular weight excluding hydrogens is 622 g/mol. The highest BCUT2D eigenvalue weighted by Crippen LogP contribution is 2.27. The summed E-state index contributed by atoms with van der Waals surface area (Å²) < 4.78 is 34.7. The van der Waals surface area contributed by atoms with E-state index in [-0.39, 0.29) is 35.4 Å². The molecule has 2 amide bonds. The molecule has 0 fully saturated rings. The number of sulfonamides is 1. The smallest absolute Gasteiger partial charge is 0.264 e. The summed E-state index contributed by atoms with van der Waals surface area (Å²) in [7, 11) is -2.68. The fourth-order valence-electron chi connectivity index (χ4n) is 4.92. The molecule has 0 aliphatic rings. The monoisotopic (exact) mass is 661 g/mol. The van der Waals surface area contributed by atoms with E-state index in [1.807, 2.05) is 57.2 Å². The van der Waals surface area contributed by atoms with Crippen LogP contribution in [0, 0.1) is 12.8 Å². The molecule has 0 aliphatic carbocycles. The van der Waals surface area contributed by atoms with Gasteiger partial charge >= 0.3 is 0 Å². The van der Waals surface area contributed by atoms with Gasteiger partial charge < -0.3 is 15.0 Å². The van der Waals surface area contributed by atoms with Crippen LogP contribution in [0.3, 0.4) is 0 Å². The molecule has 1 atom stereocenters. The van der Waals surface area contributed by atoms with Crippen LogP contribution in [-0.4, -0.2) is 51.4 Å². The normalized spacial score (nSPS) is 12.0. The highest BCUT2D eigenvalue weighted by Gasteiger charge is 2.34. The van der Waals surface area contributed by atoms with Crippen molar-refractivity contribution >= 4 is 39.1 Å². The van der Waals surface area contributed by atoms with E-state index in [0.29, 0.717) is 22.9 Å². The number of carbonyl (C=O) groups excluding carboxylic acids is 2. The number of methoxy groups -OCH3 is 1. The van der Waals surface area contributed by atoms with Crippen LogP contribution < -0.4 is 14.4 Å². The van der Waals surface area contributed by atoms with Crippen LogP contribution in [0.4, 0.5) is 5.69 Å². The molecule has 0 heterocycles. The van der Waals surface area contributed by atoms with Crippen LogP contribution in [0.2, 0.25) is 5.02 Å². The number of hydrogen-bond acceptors (Lipinski definition) is 5. The van der Waals surface area contributed by atoms with Crippen molar-refractivity contribution in [1.82, 2.24) is 10.2 Å². The van der Waals surface area contributed by atoms with Crippen molar-refractivity contribution in [3.63, 3.8) is 0 Å². The quantitative estimate of drug-likeness (QED) is 0.172. The van der Waals surface area contributed by atoms with Crippen LogP contribution in [-0.2, 0) is 32.6 Å². The van der Waals surface area contributed by atoms with Crippen LogP contribution >= 0.6 is 11.6 Å². The molecule has 1 N–H and O–H groups in total. The largest absolute Gasteiger partial charge is 0.497 e. The van der Waals surface area contributed by atoms with Crippen LogP contribution in [0.15, 0.2) is 108 Å². The van der Waals surface area contributed by atoms with E-state index in [9.17, 15) is 18.0 Å². The Kier molecular flexibility index (Phi) is 11.8. The van der Waals surface area contributed by atoms with Crippen molar-refractivity contribution in [3.8, 4) is 5.75 Å². The fraction of sp³-hybridized carbons (Fsp3) is 0.278. The minimum atomic E-state index is -4.20. The Labute approximate surface area is 277 Å². The molecule has 0 saturated heterocycles. The van der Waals surface area contributed by atoms with Gasteiger partial charge in [0.25, 0.3) is 10.0 Å². The first-order valence-electron chi connectivity index (χ1n) is 15.1. The van der Waals surface area contributed by atoms with Gasteiger partial charge in [-0.25, -0.2) is 8.42 Å². The Morgan fingerprint density at radius 1 is 0.870 bits per heavy atom. The highest BCUT2D eigenvalue weighted by atomic mass is 35.5. The zero-order chi connectivity index (χ0) is 33.3. The zero-order valence-electron chi connectivity index (χ0n) is 26.5. The first-order chi connectivity index (χ1) is 22.0.